The summed E-state index contributed by atoms with van der Waals surface area (Å²) in [5.74, 6) is 0.344. The molecule has 0 radical (unpaired) electrons. The molecule has 1 amide bonds. The zero-order chi connectivity index (χ0) is 11.3. The van der Waals surface area contributed by atoms with Gasteiger partial charge in [0.15, 0.2) is 0 Å². The molecule has 0 aromatic heterocycles. The Morgan fingerprint density at radius 1 is 1.40 bits per heavy atom. The Balaban J connectivity index is 2.66. The third-order valence-corrected chi connectivity index (χ3v) is 2.53. The van der Waals surface area contributed by atoms with Crippen LogP contribution in [-0.4, -0.2) is 18.1 Å². The number of carbonyl (C=O) groups is 1. The lowest BCUT2D eigenvalue weighted by molar-refractivity contribution is -0.124. The molecule has 0 bridgehead atoms. The molecule has 0 spiro atoms. The van der Waals surface area contributed by atoms with Crippen molar-refractivity contribution in [2.45, 2.75) is 19.8 Å². The summed E-state index contributed by atoms with van der Waals surface area (Å²) >= 11 is 0. The first-order valence-electron chi connectivity index (χ1n) is 5.16. The minimum atomic E-state index is 0.0135. The van der Waals surface area contributed by atoms with E-state index in [-0.39, 0.29) is 17.6 Å². The lowest BCUT2D eigenvalue weighted by Gasteiger charge is -2.12. The van der Waals surface area contributed by atoms with E-state index in [1.165, 1.54) is 0 Å². The van der Waals surface area contributed by atoms with E-state index in [0.29, 0.717) is 0 Å². The first kappa shape index (κ1) is 11.6. The van der Waals surface area contributed by atoms with Gasteiger partial charge in [-0.15, -0.1) is 0 Å². The Kier molecular flexibility index (Phi) is 4.16. The number of hydrogen-bond acceptors (Lipinski definition) is 2. The molecule has 3 nitrogen and oxygen atoms in total. The van der Waals surface area contributed by atoms with Gasteiger partial charge in [0.1, 0.15) is 5.75 Å². The third-order valence-electron chi connectivity index (χ3n) is 2.53. The fraction of sp³-hybridized carbons (Fsp3) is 0.417. The van der Waals surface area contributed by atoms with E-state index in [9.17, 15) is 4.79 Å². The van der Waals surface area contributed by atoms with E-state index in [4.69, 9.17) is 5.11 Å². The molecule has 0 aliphatic heterocycles. The van der Waals surface area contributed by atoms with Gasteiger partial charge < -0.3 is 10.4 Å². The Bertz CT molecular complexity index is 319. The quantitative estimate of drug-likeness (QED) is 0.789. The van der Waals surface area contributed by atoms with Gasteiger partial charge in [-0.05, 0) is 30.5 Å². The Hall–Kier alpha value is -1.51. The van der Waals surface area contributed by atoms with Gasteiger partial charge in [0, 0.05) is 13.0 Å². The van der Waals surface area contributed by atoms with Gasteiger partial charge in [-0.25, -0.2) is 0 Å². The second-order valence-electron chi connectivity index (χ2n) is 3.59. The number of carbonyl (C=O) groups excluding carboxylic acids is 1. The molecule has 0 fully saturated rings. The summed E-state index contributed by atoms with van der Waals surface area (Å²) in [6, 6.07) is 6.99. The summed E-state index contributed by atoms with van der Waals surface area (Å²) in [6.45, 7) is 2.00. The lowest BCUT2D eigenvalue weighted by atomic mass is 9.96. The van der Waals surface area contributed by atoms with Gasteiger partial charge in [-0.2, -0.15) is 0 Å². The van der Waals surface area contributed by atoms with Gasteiger partial charge in [-0.3, -0.25) is 4.79 Å². The highest BCUT2D eigenvalue weighted by Gasteiger charge is 2.14. The molecule has 3 heteroatoms. The monoisotopic (exact) mass is 207 g/mol. The van der Waals surface area contributed by atoms with E-state index < -0.39 is 0 Å². The summed E-state index contributed by atoms with van der Waals surface area (Å²) in [7, 11) is 1.65. The summed E-state index contributed by atoms with van der Waals surface area (Å²) in [6.07, 6.45) is 1.54. The standard InChI is InChI=1S/C12H17NO2/c1-3-10(12(15)13-2)8-9-4-6-11(14)7-5-9/h4-7,10,14H,3,8H2,1-2H3,(H,13,15). The summed E-state index contributed by atoms with van der Waals surface area (Å²) in [5.41, 5.74) is 1.07. The molecule has 0 saturated carbocycles. The van der Waals surface area contributed by atoms with E-state index in [0.717, 1.165) is 18.4 Å². The lowest BCUT2D eigenvalue weighted by Crippen LogP contribution is -2.28. The molecule has 82 valence electrons. The Labute approximate surface area is 90.1 Å². The normalized spacial score (nSPS) is 12.1. The third kappa shape index (κ3) is 3.27. The van der Waals surface area contributed by atoms with Crippen LogP contribution in [0.2, 0.25) is 0 Å². The van der Waals surface area contributed by atoms with Crippen molar-refractivity contribution in [1.82, 2.24) is 5.32 Å². The van der Waals surface area contributed by atoms with Gasteiger partial charge >= 0.3 is 0 Å². The smallest absolute Gasteiger partial charge is 0.223 e. The van der Waals surface area contributed by atoms with Crippen LogP contribution in [0.15, 0.2) is 24.3 Å². The van der Waals surface area contributed by atoms with Crippen molar-refractivity contribution in [3.05, 3.63) is 29.8 Å². The van der Waals surface area contributed by atoms with Crippen molar-refractivity contribution >= 4 is 5.91 Å². The van der Waals surface area contributed by atoms with Crippen LogP contribution in [-0.2, 0) is 11.2 Å². The molecular weight excluding hydrogens is 190 g/mol. The van der Waals surface area contributed by atoms with Crippen LogP contribution in [0.5, 0.6) is 5.75 Å². The number of benzene rings is 1. The molecule has 0 heterocycles. The number of hydrogen-bond donors (Lipinski definition) is 2. The summed E-state index contributed by atoms with van der Waals surface area (Å²) in [5, 5.41) is 11.8. The molecule has 1 rings (SSSR count). The second kappa shape index (κ2) is 5.39. The minimum absolute atomic E-state index is 0.0135. The van der Waals surface area contributed by atoms with Crippen LogP contribution in [0.3, 0.4) is 0 Å². The van der Waals surface area contributed by atoms with E-state index in [1.807, 2.05) is 19.1 Å². The van der Waals surface area contributed by atoms with Crippen molar-refractivity contribution in [3.8, 4) is 5.75 Å². The second-order valence-corrected chi connectivity index (χ2v) is 3.59. The highest BCUT2D eigenvalue weighted by atomic mass is 16.3. The van der Waals surface area contributed by atoms with Crippen LogP contribution in [0.25, 0.3) is 0 Å². The topological polar surface area (TPSA) is 49.3 Å². The van der Waals surface area contributed by atoms with Crippen molar-refractivity contribution in [1.29, 1.82) is 0 Å². The van der Waals surface area contributed by atoms with Crippen molar-refractivity contribution in [3.63, 3.8) is 0 Å². The molecule has 15 heavy (non-hydrogen) atoms. The average molecular weight is 207 g/mol. The molecule has 1 aromatic carbocycles. The molecule has 1 unspecified atom stereocenters. The van der Waals surface area contributed by atoms with Gasteiger partial charge in [0.25, 0.3) is 0 Å². The van der Waals surface area contributed by atoms with E-state index >= 15 is 0 Å². The van der Waals surface area contributed by atoms with Crippen molar-refractivity contribution < 1.29 is 9.90 Å². The zero-order valence-electron chi connectivity index (χ0n) is 9.16. The first-order valence-corrected chi connectivity index (χ1v) is 5.16. The highest BCUT2D eigenvalue weighted by molar-refractivity contribution is 5.78. The van der Waals surface area contributed by atoms with Gasteiger partial charge in [-0.1, -0.05) is 19.1 Å². The van der Waals surface area contributed by atoms with Gasteiger partial charge in [0.05, 0.1) is 0 Å². The summed E-state index contributed by atoms with van der Waals surface area (Å²) in [4.78, 5) is 11.5. The molecule has 2 N–H and O–H groups in total. The molecule has 1 atom stereocenters. The van der Waals surface area contributed by atoms with E-state index in [2.05, 4.69) is 5.32 Å². The van der Waals surface area contributed by atoms with Gasteiger partial charge in [0.2, 0.25) is 5.91 Å². The molecule has 1 aromatic rings. The number of rotatable bonds is 4. The average Bonchev–Trinajstić information content (AvgIpc) is 2.27. The first-order chi connectivity index (χ1) is 7.17. The fourth-order valence-corrected chi connectivity index (χ4v) is 1.54. The van der Waals surface area contributed by atoms with Crippen LogP contribution in [0.4, 0.5) is 0 Å². The molecular formula is C12H17NO2. The highest BCUT2D eigenvalue weighted by Crippen LogP contribution is 2.15. The van der Waals surface area contributed by atoms with Crippen LogP contribution < -0.4 is 5.32 Å². The maximum atomic E-state index is 11.5. The number of phenols is 1. The maximum absolute atomic E-state index is 11.5. The number of aromatic hydroxyl groups is 1. The fourth-order valence-electron chi connectivity index (χ4n) is 1.54. The van der Waals surface area contributed by atoms with E-state index in [1.54, 1.807) is 19.2 Å². The predicted octanol–water partition coefficient (Wildman–Crippen LogP) is 1.71. The van der Waals surface area contributed by atoms with Crippen LogP contribution in [0, 0.1) is 5.92 Å². The Morgan fingerprint density at radius 3 is 2.47 bits per heavy atom. The molecule has 0 saturated heterocycles. The molecule has 0 aliphatic rings. The minimum Gasteiger partial charge on any atom is -0.508 e. The van der Waals surface area contributed by atoms with Crippen LogP contribution in [0.1, 0.15) is 18.9 Å². The number of amides is 1. The molecule has 0 aliphatic carbocycles. The maximum Gasteiger partial charge on any atom is 0.223 e. The zero-order valence-corrected chi connectivity index (χ0v) is 9.16. The largest absolute Gasteiger partial charge is 0.508 e. The van der Waals surface area contributed by atoms with Crippen molar-refractivity contribution in [2.75, 3.05) is 7.05 Å². The SMILES string of the molecule is CCC(Cc1ccc(O)cc1)C(=O)NC. The number of phenolic OH excluding ortho intramolecular Hbond substituents is 1. The van der Waals surface area contributed by atoms with Crippen LogP contribution >= 0.6 is 0 Å². The predicted molar refractivity (Wildman–Crippen MR) is 59.7 cm³/mol. The number of nitrogens with one attached hydrogen (secondary N) is 1. The Morgan fingerprint density at radius 2 is 2.00 bits per heavy atom. The summed E-state index contributed by atoms with van der Waals surface area (Å²) < 4.78 is 0. The van der Waals surface area contributed by atoms with Crippen molar-refractivity contribution in [2.24, 2.45) is 5.92 Å².